The molecule has 6 heteroatoms. The van der Waals surface area contributed by atoms with Gasteiger partial charge in [0.1, 0.15) is 5.82 Å². The molecular formula is C14H10Br2FNO2. The van der Waals surface area contributed by atoms with E-state index in [0.29, 0.717) is 10.9 Å². The Morgan fingerprint density at radius 1 is 1.20 bits per heavy atom. The Balaban J connectivity index is 2.12. The van der Waals surface area contributed by atoms with Crippen molar-refractivity contribution in [1.29, 1.82) is 0 Å². The Hall–Kier alpha value is -1.27. The van der Waals surface area contributed by atoms with E-state index in [1.54, 1.807) is 24.3 Å². The lowest BCUT2D eigenvalue weighted by Crippen LogP contribution is -1.97. The molecule has 2 aromatic carbocycles. The quantitative estimate of drug-likeness (QED) is 0.402. The summed E-state index contributed by atoms with van der Waals surface area (Å²) in [4.78, 5) is 10.2. The molecule has 1 unspecified atom stereocenters. The predicted octanol–water partition coefficient (Wildman–Crippen LogP) is 5.18. The van der Waals surface area contributed by atoms with Crippen molar-refractivity contribution in [2.75, 3.05) is 0 Å². The molecule has 0 N–H and O–H groups in total. The average molecular weight is 403 g/mol. The van der Waals surface area contributed by atoms with Gasteiger partial charge in [-0.25, -0.2) is 4.39 Å². The summed E-state index contributed by atoms with van der Waals surface area (Å²) in [6, 6.07) is 11.3. The largest absolute Gasteiger partial charge is 0.269 e. The van der Waals surface area contributed by atoms with Gasteiger partial charge in [0, 0.05) is 17.0 Å². The highest BCUT2D eigenvalue weighted by molar-refractivity contribution is 9.10. The molecule has 3 nitrogen and oxygen atoms in total. The lowest BCUT2D eigenvalue weighted by molar-refractivity contribution is -0.384. The normalized spacial score (nSPS) is 12.2. The molecule has 0 saturated heterocycles. The molecule has 1 atom stereocenters. The average Bonchev–Trinajstić information content (AvgIpc) is 2.42. The van der Waals surface area contributed by atoms with E-state index < -0.39 is 4.92 Å². The van der Waals surface area contributed by atoms with Crippen LogP contribution in [0.1, 0.15) is 16.0 Å². The first kappa shape index (κ1) is 15.1. The highest BCUT2D eigenvalue weighted by atomic mass is 79.9. The van der Waals surface area contributed by atoms with E-state index in [-0.39, 0.29) is 16.3 Å². The van der Waals surface area contributed by atoms with Gasteiger partial charge in [0.05, 0.1) is 9.40 Å². The van der Waals surface area contributed by atoms with Crippen LogP contribution in [-0.2, 0) is 6.42 Å². The van der Waals surface area contributed by atoms with E-state index in [2.05, 4.69) is 31.9 Å². The van der Waals surface area contributed by atoms with Crippen LogP contribution in [0.5, 0.6) is 0 Å². The summed E-state index contributed by atoms with van der Waals surface area (Å²) >= 11 is 6.71. The van der Waals surface area contributed by atoms with Crippen LogP contribution in [0.2, 0.25) is 0 Å². The van der Waals surface area contributed by atoms with Gasteiger partial charge >= 0.3 is 0 Å². The van der Waals surface area contributed by atoms with Crippen LogP contribution in [0.4, 0.5) is 10.1 Å². The Kier molecular flexibility index (Phi) is 4.88. The van der Waals surface area contributed by atoms with Crippen LogP contribution in [0.3, 0.4) is 0 Å². The van der Waals surface area contributed by atoms with Crippen LogP contribution >= 0.6 is 31.9 Å². The van der Waals surface area contributed by atoms with E-state index in [1.807, 2.05) is 0 Å². The third-order valence-corrected chi connectivity index (χ3v) is 4.33. The van der Waals surface area contributed by atoms with Gasteiger partial charge in [-0.15, -0.1) is 0 Å². The van der Waals surface area contributed by atoms with Crippen molar-refractivity contribution in [3.8, 4) is 0 Å². The van der Waals surface area contributed by atoms with Crippen molar-refractivity contribution >= 4 is 37.5 Å². The topological polar surface area (TPSA) is 43.1 Å². The number of halogens is 3. The number of nitro benzene ring substituents is 1. The molecule has 0 bridgehead atoms. The molecule has 0 radical (unpaired) electrons. The van der Waals surface area contributed by atoms with Crippen LogP contribution in [0.15, 0.2) is 46.9 Å². The van der Waals surface area contributed by atoms with E-state index in [9.17, 15) is 14.5 Å². The molecule has 0 amide bonds. The van der Waals surface area contributed by atoms with Crippen LogP contribution in [-0.4, -0.2) is 4.92 Å². The molecule has 0 saturated carbocycles. The second-order valence-electron chi connectivity index (χ2n) is 4.27. The Morgan fingerprint density at radius 3 is 2.40 bits per heavy atom. The van der Waals surface area contributed by atoms with E-state index >= 15 is 0 Å². The third kappa shape index (κ3) is 3.64. The highest BCUT2D eigenvalue weighted by Gasteiger charge is 2.12. The van der Waals surface area contributed by atoms with Crippen molar-refractivity contribution in [3.05, 3.63) is 74.0 Å². The molecule has 0 spiro atoms. The van der Waals surface area contributed by atoms with Crippen molar-refractivity contribution in [2.24, 2.45) is 0 Å². The number of rotatable bonds is 4. The van der Waals surface area contributed by atoms with Crippen molar-refractivity contribution in [2.45, 2.75) is 11.2 Å². The summed E-state index contributed by atoms with van der Waals surface area (Å²) in [5, 5.41) is 10.6. The minimum Gasteiger partial charge on any atom is -0.258 e. The number of hydrogen-bond donors (Lipinski definition) is 0. The van der Waals surface area contributed by atoms with Gasteiger partial charge in [0.25, 0.3) is 5.69 Å². The Labute approximate surface area is 132 Å². The number of benzene rings is 2. The van der Waals surface area contributed by atoms with Gasteiger partial charge in [-0.3, -0.25) is 10.1 Å². The van der Waals surface area contributed by atoms with Crippen molar-refractivity contribution < 1.29 is 9.31 Å². The minimum atomic E-state index is -0.424. The standard InChI is InChI=1S/C14H10Br2FNO2/c15-12(10-3-6-14(17)13(16)8-10)7-9-1-4-11(5-2-9)18(19)20/h1-6,8,12H,7H2. The molecule has 0 heterocycles. The van der Waals surface area contributed by atoms with Gasteiger partial charge in [-0.05, 0) is 45.6 Å². The van der Waals surface area contributed by atoms with Gasteiger partial charge in [0.15, 0.2) is 0 Å². The highest BCUT2D eigenvalue weighted by Crippen LogP contribution is 2.30. The lowest BCUT2D eigenvalue weighted by atomic mass is 10.0. The number of nitro groups is 1. The number of hydrogen-bond acceptors (Lipinski definition) is 2. The molecular weight excluding hydrogens is 393 g/mol. The molecule has 0 aliphatic carbocycles. The molecule has 20 heavy (non-hydrogen) atoms. The maximum absolute atomic E-state index is 13.2. The van der Waals surface area contributed by atoms with E-state index in [4.69, 9.17) is 0 Å². The van der Waals surface area contributed by atoms with E-state index in [1.165, 1.54) is 18.2 Å². The van der Waals surface area contributed by atoms with Crippen LogP contribution in [0, 0.1) is 15.9 Å². The zero-order valence-corrected chi connectivity index (χ0v) is 13.4. The second kappa shape index (κ2) is 6.45. The Bertz CT molecular complexity index is 632. The number of non-ortho nitro benzene ring substituents is 1. The zero-order valence-electron chi connectivity index (χ0n) is 10.2. The van der Waals surface area contributed by atoms with Crippen LogP contribution < -0.4 is 0 Å². The maximum atomic E-state index is 13.2. The number of alkyl halides is 1. The van der Waals surface area contributed by atoms with Crippen molar-refractivity contribution in [3.63, 3.8) is 0 Å². The molecule has 2 rings (SSSR count). The first-order chi connectivity index (χ1) is 9.47. The van der Waals surface area contributed by atoms with Gasteiger partial charge in [-0.2, -0.15) is 0 Å². The molecule has 104 valence electrons. The number of nitrogens with zero attached hydrogens (tertiary/aromatic N) is 1. The summed E-state index contributed by atoms with van der Waals surface area (Å²) < 4.78 is 13.6. The molecule has 0 fully saturated rings. The summed E-state index contributed by atoms with van der Waals surface area (Å²) in [5.41, 5.74) is 1.99. The first-order valence-corrected chi connectivity index (χ1v) is 7.50. The minimum absolute atomic E-state index is 0.0147. The van der Waals surface area contributed by atoms with Crippen molar-refractivity contribution in [1.82, 2.24) is 0 Å². The fourth-order valence-corrected chi connectivity index (χ4v) is 2.84. The lowest BCUT2D eigenvalue weighted by Gasteiger charge is -2.11. The summed E-state index contributed by atoms with van der Waals surface area (Å²) in [7, 11) is 0. The summed E-state index contributed by atoms with van der Waals surface area (Å²) in [6.07, 6.45) is 0.663. The van der Waals surface area contributed by atoms with Crippen LogP contribution in [0.25, 0.3) is 0 Å². The third-order valence-electron chi connectivity index (χ3n) is 2.87. The molecule has 0 aromatic heterocycles. The monoisotopic (exact) mass is 401 g/mol. The molecule has 0 aliphatic heterocycles. The zero-order chi connectivity index (χ0) is 14.7. The van der Waals surface area contributed by atoms with Gasteiger partial charge < -0.3 is 0 Å². The van der Waals surface area contributed by atoms with E-state index in [0.717, 1.165) is 11.1 Å². The summed E-state index contributed by atoms with van der Waals surface area (Å²) in [5.74, 6) is -0.302. The second-order valence-corrected chi connectivity index (χ2v) is 6.23. The maximum Gasteiger partial charge on any atom is 0.269 e. The predicted molar refractivity (Wildman–Crippen MR) is 82.6 cm³/mol. The fraction of sp³-hybridized carbons (Fsp3) is 0.143. The Morgan fingerprint density at radius 2 is 1.85 bits per heavy atom. The smallest absolute Gasteiger partial charge is 0.258 e. The molecule has 0 aliphatic rings. The first-order valence-electron chi connectivity index (χ1n) is 5.79. The SMILES string of the molecule is O=[N+]([O-])c1ccc(CC(Br)c2ccc(F)c(Br)c2)cc1. The summed E-state index contributed by atoms with van der Waals surface area (Å²) in [6.45, 7) is 0. The molecule has 2 aromatic rings. The van der Waals surface area contributed by atoms with Gasteiger partial charge in [-0.1, -0.05) is 34.1 Å². The fourth-order valence-electron chi connectivity index (χ4n) is 1.79. The van der Waals surface area contributed by atoms with Gasteiger partial charge in [0.2, 0.25) is 0 Å².